The van der Waals surface area contributed by atoms with Crippen molar-refractivity contribution in [3.05, 3.63) is 58.9 Å². The van der Waals surface area contributed by atoms with Crippen molar-refractivity contribution >= 4 is 23.4 Å². The molecule has 2 rings (SSSR count). The van der Waals surface area contributed by atoms with Crippen molar-refractivity contribution in [1.29, 1.82) is 0 Å². The number of aryl methyl sites for hydroxylation is 1. The molecule has 21 heavy (non-hydrogen) atoms. The van der Waals surface area contributed by atoms with Gasteiger partial charge in [-0.3, -0.25) is 4.79 Å². The van der Waals surface area contributed by atoms with E-state index in [0.717, 1.165) is 21.5 Å². The minimum absolute atomic E-state index is 0.0921. The van der Waals surface area contributed by atoms with Gasteiger partial charge in [0.25, 0.3) is 5.03 Å². The molecule has 1 heterocycles. The van der Waals surface area contributed by atoms with Crippen LogP contribution in [0.25, 0.3) is 0 Å². The van der Waals surface area contributed by atoms with Gasteiger partial charge in [-0.15, -0.1) is 0 Å². The number of amides is 1. The van der Waals surface area contributed by atoms with Gasteiger partial charge in [-0.05, 0) is 54.9 Å². The second-order valence-corrected chi connectivity index (χ2v) is 6.24. The summed E-state index contributed by atoms with van der Waals surface area (Å²) in [7, 11) is 0. The molecule has 0 radical (unpaired) electrons. The van der Waals surface area contributed by atoms with Gasteiger partial charge in [0, 0.05) is 30.0 Å². The molecule has 1 N–H and O–H groups in total. The molecular weight excluding hydrogens is 284 g/mol. The van der Waals surface area contributed by atoms with E-state index in [1.807, 2.05) is 31.2 Å². The standard InChI is InChI=1S/C16H18N2O2S/c1-11-7-8-14(17-13(3)19)10-15(11)12(2)21-16-6-4-5-9-18(16)20/h4-10,12H,1-3H3,(H,17,19). The Labute approximate surface area is 128 Å². The largest absolute Gasteiger partial charge is 0.618 e. The maximum atomic E-state index is 11.7. The Balaban J connectivity index is 2.24. The molecule has 4 nitrogen and oxygen atoms in total. The monoisotopic (exact) mass is 302 g/mol. The summed E-state index contributed by atoms with van der Waals surface area (Å²) in [6.45, 7) is 5.57. The lowest BCUT2D eigenvalue weighted by atomic mass is 10.1. The first-order valence-electron chi connectivity index (χ1n) is 6.70. The van der Waals surface area contributed by atoms with Crippen LogP contribution in [0.1, 0.15) is 30.2 Å². The van der Waals surface area contributed by atoms with E-state index in [1.165, 1.54) is 24.9 Å². The molecule has 1 unspecified atom stereocenters. The summed E-state index contributed by atoms with van der Waals surface area (Å²) in [6.07, 6.45) is 1.50. The van der Waals surface area contributed by atoms with Crippen LogP contribution in [-0.2, 0) is 4.79 Å². The molecule has 0 saturated heterocycles. The minimum atomic E-state index is -0.0921. The van der Waals surface area contributed by atoms with Gasteiger partial charge in [0.15, 0.2) is 6.20 Å². The zero-order chi connectivity index (χ0) is 15.4. The lowest BCUT2D eigenvalue weighted by Crippen LogP contribution is -2.27. The van der Waals surface area contributed by atoms with Crippen molar-refractivity contribution in [2.24, 2.45) is 0 Å². The average molecular weight is 302 g/mol. The maximum absolute atomic E-state index is 11.7. The van der Waals surface area contributed by atoms with Crippen molar-refractivity contribution in [2.75, 3.05) is 5.32 Å². The third kappa shape index (κ3) is 3.98. The van der Waals surface area contributed by atoms with Crippen LogP contribution in [0.4, 0.5) is 5.69 Å². The van der Waals surface area contributed by atoms with Gasteiger partial charge >= 0.3 is 0 Å². The van der Waals surface area contributed by atoms with E-state index < -0.39 is 0 Å². The Hall–Kier alpha value is -2.01. The van der Waals surface area contributed by atoms with Gasteiger partial charge in [-0.25, -0.2) is 0 Å². The van der Waals surface area contributed by atoms with E-state index in [1.54, 1.807) is 12.1 Å². The number of carbonyl (C=O) groups excluding carboxylic acids is 1. The fraction of sp³-hybridized carbons (Fsp3) is 0.250. The molecule has 0 saturated carbocycles. The zero-order valence-electron chi connectivity index (χ0n) is 12.3. The molecule has 0 bridgehead atoms. The van der Waals surface area contributed by atoms with Gasteiger partial charge in [0.05, 0.1) is 0 Å². The molecule has 1 amide bonds. The molecule has 2 aromatic rings. The highest BCUT2D eigenvalue weighted by Gasteiger charge is 2.15. The van der Waals surface area contributed by atoms with E-state index in [2.05, 4.69) is 12.2 Å². The highest BCUT2D eigenvalue weighted by atomic mass is 32.2. The lowest BCUT2D eigenvalue weighted by molar-refractivity contribution is -0.645. The van der Waals surface area contributed by atoms with Crippen LogP contribution in [0.3, 0.4) is 0 Å². The Kier molecular flexibility index (Phi) is 4.85. The second-order valence-electron chi connectivity index (χ2n) is 4.88. The van der Waals surface area contributed by atoms with E-state index in [4.69, 9.17) is 0 Å². The number of thioether (sulfide) groups is 1. The van der Waals surface area contributed by atoms with Crippen LogP contribution in [-0.4, -0.2) is 5.91 Å². The van der Waals surface area contributed by atoms with Crippen molar-refractivity contribution < 1.29 is 9.52 Å². The zero-order valence-corrected chi connectivity index (χ0v) is 13.1. The SMILES string of the molecule is CC(=O)Nc1ccc(C)c(C(C)Sc2cccc[n+]2[O-])c1. The number of nitrogens with zero attached hydrogens (tertiary/aromatic N) is 1. The minimum Gasteiger partial charge on any atom is -0.618 e. The van der Waals surface area contributed by atoms with Crippen molar-refractivity contribution in [3.63, 3.8) is 0 Å². The first-order chi connectivity index (χ1) is 9.97. The number of nitrogens with one attached hydrogen (secondary N) is 1. The summed E-state index contributed by atoms with van der Waals surface area (Å²) in [4.78, 5) is 11.2. The molecule has 110 valence electrons. The number of carbonyl (C=O) groups is 1. The van der Waals surface area contributed by atoms with E-state index in [-0.39, 0.29) is 11.2 Å². The number of rotatable bonds is 4. The quantitative estimate of drug-likeness (QED) is 0.535. The van der Waals surface area contributed by atoms with E-state index in [0.29, 0.717) is 5.03 Å². The van der Waals surface area contributed by atoms with E-state index in [9.17, 15) is 10.0 Å². The summed E-state index contributed by atoms with van der Waals surface area (Å²) in [5.74, 6) is -0.0921. The van der Waals surface area contributed by atoms with Gasteiger partial charge < -0.3 is 10.5 Å². The molecule has 1 aromatic heterocycles. The van der Waals surface area contributed by atoms with Gasteiger partial charge in [0.2, 0.25) is 5.91 Å². The fourth-order valence-corrected chi connectivity index (χ4v) is 3.17. The predicted molar refractivity (Wildman–Crippen MR) is 85.2 cm³/mol. The van der Waals surface area contributed by atoms with Gasteiger partial charge in [-0.2, -0.15) is 4.73 Å². The number of hydrogen-bond acceptors (Lipinski definition) is 3. The van der Waals surface area contributed by atoms with Crippen LogP contribution >= 0.6 is 11.8 Å². The molecule has 0 spiro atoms. The molecule has 1 aromatic carbocycles. The second kappa shape index (κ2) is 6.63. The Morgan fingerprint density at radius 3 is 2.76 bits per heavy atom. The van der Waals surface area contributed by atoms with Crippen LogP contribution in [0.2, 0.25) is 0 Å². The van der Waals surface area contributed by atoms with Crippen LogP contribution in [0.5, 0.6) is 0 Å². The average Bonchev–Trinajstić information content (AvgIpc) is 2.43. The first kappa shape index (κ1) is 15.4. The van der Waals surface area contributed by atoms with Crippen LogP contribution in [0.15, 0.2) is 47.6 Å². The number of aromatic nitrogens is 1. The van der Waals surface area contributed by atoms with Gasteiger partial charge in [-0.1, -0.05) is 6.07 Å². The van der Waals surface area contributed by atoms with E-state index >= 15 is 0 Å². The van der Waals surface area contributed by atoms with Crippen molar-refractivity contribution in [2.45, 2.75) is 31.0 Å². The molecule has 0 fully saturated rings. The Morgan fingerprint density at radius 1 is 1.33 bits per heavy atom. The smallest absolute Gasteiger partial charge is 0.251 e. The first-order valence-corrected chi connectivity index (χ1v) is 7.58. The third-order valence-electron chi connectivity index (χ3n) is 3.12. The Bertz CT molecular complexity index is 658. The number of pyridine rings is 1. The maximum Gasteiger partial charge on any atom is 0.251 e. The predicted octanol–water partition coefficient (Wildman–Crippen LogP) is 3.44. The highest BCUT2D eigenvalue weighted by Crippen LogP contribution is 2.35. The number of benzene rings is 1. The summed E-state index contributed by atoms with van der Waals surface area (Å²) in [5.41, 5.74) is 3.02. The molecule has 1 atom stereocenters. The summed E-state index contributed by atoms with van der Waals surface area (Å²) in [5, 5.41) is 15.3. The molecule has 0 aliphatic heterocycles. The topological polar surface area (TPSA) is 56.0 Å². The molecular formula is C16H18N2O2S. The highest BCUT2D eigenvalue weighted by molar-refractivity contribution is 7.99. The van der Waals surface area contributed by atoms with Crippen molar-refractivity contribution in [3.8, 4) is 0 Å². The molecule has 0 aliphatic rings. The lowest BCUT2D eigenvalue weighted by Gasteiger charge is -2.15. The Morgan fingerprint density at radius 2 is 2.10 bits per heavy atom. The molecule has 5 heteroatoms. The number of hydrogen-bond donors (Lipinski definition) is 1. The summed E-state index contributed by atoms with van der Waals surface area (Å²) in [6, 6.07) is 11.2. The summed E-state index contributed by atoms with van der Waals surface area (Å²) >= 11 is 1.50. The number of anilines is 1. The molecule has 0 aliphatic carbocycles. The van der Waals surface area contributed by atoms with Crippen molar-refractivity contribution in [1.82, 2.24) is 0 Å². The summed E-state index contributed by atoms with van der Waals surface area (Å²) < 4.78 is 0.869. The normalized spacial score (nSPS) is 12.0. The van der Waals surface area contributed by atoms with Crippen LogP contribution in [0, 0.1) is 12.1 Å². The van der Waals surface area contributed by atoms with Crippen LogP contribution < -0.4 is 10.0 Å². The van der Waals surface area contributed by atoms with Gasteiger partial charge in [0.1, 0.15) is 0 Å². The fourth-order valence-electron chi connectivity index (χ4n) is 2.11. The third-order valence-corrected chi connectivity index (χ3v) is 4.29.